The van der Waals surface area contributed by atoms with Crippen LogP contribution >= 0.6 is 0 Å². The fourth-order valence-corrected chi connectivity index (χ4v) is 1.80. The summed E-state index contributed by atoms with van der Waals surface area (Å²) in [5, 5.41) is 0.986. The molecule has 0 unspecified atom stereocenters. The van der Waals surface area contributed by atoms with Gasteiger partial charge in [-0.15, -0.1) is 0 Å². The van der Waals surface area contributed by atoms with E-state index >= 15 is 0 Å². The van der Waals surface area contributed by atoms with Crippen LogP contribution in [0.25, 0.3) is 10.9 Å². The highest BCUT2D eigenvalue weighted by Crippen LogP contribution is 2.20. The van der Waals surface area contributed by atoms with Crippen LogP contribution in [0.5, 0.6) is 0 Å². The number of halogens is 1. The van der Waals surface area contributed by atoms with Crippen molar-refractivity contribution in [3.05, 3.63) is 35.8 Å². The Bertz CT molecular complexity index is 443. The summed E-state index contributed by atoms with van der Waals surface area (Å²) in [5.41, 5.74) is 2.30. The Balaban J connectivity index is 2.79. The lowest BCUT2D eigenvalue weighted by atomic mass is 10.2. The zero-order chi connectivity index (χ0) is 9.42. The highest BCUT2D eigenvalue weighted by molar-refractivity contribution is 5.81. The molecule has 1 heterocycles. The molecule has 2 heteroatoms. The Morgan fingerprint density at radius 3 is 2.77 bits per heavy atom. The third kappa shape index (κ3) is 1.22. The van der Waals surface area contributed by atoms with Gasteiger partial charge >= 0.3 is 0 Å². The maximum atomic E-state index is 12.9. The summed E-state index contributed by atoms with van der Waals surface area (Å²) in [6.07, 6.45) is 0. The van der Waals surface area contributed by atoms with Crippen molar-refractivity contribution in [2.75, 3.05) is 0 Å². The molecule has 1 aromatic carbocycles. The first kappa shape index (κ1) is 8.30. The molecule has 0 bridgehead atoms. The van der Waals surface area contributed by atoms with E-state index in [0.29, 0.717) is 0 Å². The van der Waals surface area contributed by atoms with Gasteiger partial charge in [-0.1, -0.05) is 0 Å². The van der Waals surface area contributed by atoms with Crippen molar-refractivity contribution in [2.24, 2.45) is 0 Å². The number of nitrogens with zero attached hydrogens (tertiary/aromatic N) is 1. The summed E-state index contributed by atoms with van der Waals surface area (Å²) in [6.45, 7) is 5.07. The summed E-state index contributed by atoms with van der Waals surface area (Å²) in [7, 11) is 0. The minimum absolute atomic E-state index is 0.166. The quantitative estimate of drug-likeness (QED) is 0.630. The van der Waals surface area contributed by atoms with Gasteiger partial charge in [0.15, 0.2) is 0 Å². The number of aromatic nitrogens is 1. The van der Waals surface area contributed by atoms with E-state index in [1.54, 1.807) is 6.07 Å². The average molecular weight is 177 g/mol. The Kier molecular flexibility index (Phi) is 1.83. The second-order valence-corrected chi connectivity index (χ2v) is 3.23. The van der Waals surface area contributed by atoms with Crippen LogP contribution in [0.1, 0.15) is 12.6 Å². The number of aryl methyl sites for hydroxylation is 2. The van der Waals surface area contributed by atoms with E-state index in [2.05, 4.69) is 11.5 Å². The van der Waals surface area contributed by atoms with Gasteiger partial charge in [-0.2, -0.15) is 0 Å². The minimum Gasteiger partial charge on any atom is -0.345 e. The molecule has 1 nitrogen and oxygen atoms in total. The minimum atomic E-state index is -0.166. The van der Waals surface area contributed by atoms with Crippen molar-refractivity contribution in [2.45, 2.75) is 20.4 Å². The third-order valence-electron chi connectivity index (χ3n) is 2.39. The van der Waals surface area contributed by atoms with Gasteiger partial charge in [0.25, 0.3) is 0 Å². The van der Waals surface area contributed by atoms with E-state index in [1.165, 1.54) is 11.8 Å². The summed E-state index contributed by atoms with van der Waals surface area (Å²) in [5.74, 6) is -0.166. The molecular formula is C11H12FN. The molecule has 0 saturated heterocycles. The first-order valence-corrected chi connectivity index (χ1v) is 4.47. The lowest BCUT2D eigenvalue weighted by Crippen LogP contribution is -1.95. The van der Waals surface area contributed by atoms with E-state index in [1.807, 2.05) is 19.1 Å². The monoisotopic (exact) mass is 177 g/mol. The zero-order valence-corrected chi connectivity index (χ0v) is 7.84. The molecule has 0 saturated carbocycles. The molecule has 2 aromatic rings. The van der Waals surface area contributed by atoms with E-state index in [0.717, 1.165) is 17.4 Å². The molecule has 0 aliphatic rings. The summed E-state index contributed by atoms with van der Waals surface area (Å²) >= 11 is 0. The number of fused-ring (bicyclic) bond motifs is 1. The van der Waals surface area contributed by atoms with Crippen LogP contribution in [0, 0.1) is 12.7 Å². The zero-order valence-electron chi connectivity index (χ0n) is 7.84. The topological polar surface area (TPSA) is 4.93 Å². The number of benzene rings is 1. The van der Waals surface area contributed by atoms with Crippen LogP contribution in [0.3, 0.4) is 0 Å². The molecule has 13 heavy (non-hydrogen) atoms. The molecule has 0 spiro atoms. The Morgan fingerprint density at radius 2 is 2.08 bits per heavy atom. The average Bonchev–Trinajstić information content (AvgIpc) is 2.39. The molecule has 2 rings (SSSR count). The Hall–Kier alpha value is -1.31. The summed E-state index contributed by atoms with van der Waals surface area (Å²) in [4.78, 5) is 0. The predicted molar refractivity (Wildman–Crippen MR) is 52.3 cm³/mol. The van der Waals surface area contributed by atoms with E-state index < -0.39 is 0 Å². The molecule has 0 aliphatic heterocycles. The van der Waals surface area contributed by atoms with Gasteiger partial charge in [0.05, 0.1) is 0 Å². The van der Waals surface area contributed by atoms with Gasteiger partial charge in [-0.3, -0.25) is 0 Å². The van der Waals surface area contributed by atoms with Gasteiger partial charge in [0.2, 0.25) is 0 Å². The molecule has 0 atom stereocenters. The second kappa shape index (κ2) is 2.87. The van der Waals surface area contributed by atoms with Crippen LogP contribution < -0.4 is 0 Å². The molecule has 0 N–H and O–H groups in total. The smallest absolute Gasteiger partial charge is 0.123 e. The molecular weight excluding hydrogens is 165 g/mol. The van der Waals surface area contributed by atoms with Gasteiger partial charge in [0.1, 0.15) is 5.82 Å². The lowest BCUT2D eigenvalue weighted by molar-refractivity contribution is 0.629. The van der Waals surface area contributed by atoms with Crippen LogP contribution in [-0.4, -0.2) is 4.57 Å². The number of hydrogen-bond donors (Lipinski definition) is 0. The van der Waals surface area contributed by atoms with Crippen molar-refractivity contribution in [3.63, 3.8) is 0 Å². The van der Waals surface area contributed by atoms with Crippen molar-refractivity contribution < 1.29 is 4.39 Å². The summed E-state index contributed by atoms with van der Waals surface area (Å²) < 4.78 is 15.0. The number of hydrogen-bond acceptors (Lipinski definition) is 0. The molecule has 68 valence electrons. The second-order valence-electron chi connectivity index (χ2n) is 3.23. The van der Waals surface area contributed by atoms with Crippen LogP contribution in [0.15, 0.2) is 24.3 Å². The molecule has 0 amide bonds. The van der Waals surface area contributed by atoms with Gasteiger partial charge in [0, 0.05) is 23.1 Å². The highest BCUT2D eigenvalue weighted by Gasteiger charge is 2.03. The molecule has 1 aromatic heterocycles. The Labute approximate surface area is 76.8 Å². The summed E-state index contributed by atoms with van der Waals surface area (Å²) in [6, 6.07) is 6.94. The van der Waals surface area contributed by atoms with Crippen LogP contribution in [0.4, 0.5) is 4.39 Å². The van der Waals surface area contributed by atoms with E-state index in [9.17, 15) is 4.39 Å². The standard InChI is InChI=1S/C11H12FN/c1-3-13-8(2)6-9-7-10(12)4-5-11(9)13/h4-7H,3H2,1-2H3. The third-order valence-corrected chi connectivity index (χ3v) is 2.39. The van der Waals surface area contributed by atoms with E-state index in [4.69, 9.17) is 0 Å². The maximum Gasteiger partial charge on any atom is 0.123 e. The first-order valence-electron chi connectivity index (χ1n) is 4.47. The highest BCUT2D eigenvalue weighted by atomic mass is 19.1. The van der Waals surface area contributed by atoms with Crippen molar-refractivity contribution in [1.82, 2.24) is 4.57 Å². The fourth-order valence-electron chi connectivity index (χ4n) is 1.80. The van der Waals surface area contributed by atoms with Gasteiger partial charge < -0.3 is 4.57 Å². The van der Waals surface area contributed by atoms with Crippen molar-refractivity contribution >= 4 is 10.9 Å². The molecule has 0 fully saturated rings. The van der Waals surface area contributed by atoms with Crippen molar-refractivity contribution in [3.8, 4) is 0 Å². The van der Waals surface area contributed by atoms with E-state index in [-0.39, 0.29) is 5.82 Å². The largest absolute Gasteiger partial charge is 0.345 e. The number of rotatable bonds is 1. The van der Waals surface area contributed by atoms with Gasteiger partial charge in [-0.25, -0.2) is 4.39 Å². The predicted octanol–water partition coefficient (Wildman–Crippen LogP) is 3.11. The van der Waals surface area contributed by atoms with Crippen LogP contribution in [0.2, 0.25) is 0 Å². The maximum absolute atomic E-state index is 12.9. The van der Waals surface area contributed by atoms with Gasteiger partial charge in [-0.05, 0) is 38.1 Å². The Morgan fingerprint density at radius 1 is 1.31 bits per heavy atom. The normalized spacial score (nSPS) is 11.0. The SMILES string of the molecule is CCn1c(C)cc2cc(F)ccc21. The molecule has 0 radical (unpaired) electrons. The van der Waals surface area contributed by atoms with Crippen LogP contribution in [-0.2, 0) is 6.54 Å². The first-order chi connectivity index (χ1) is 6.22. The molecule has 0 aliphatic carbocycles. The fraction of sp³-hybridized carbons (Fsp3) is 0.273. The van der Waals surface area contributed by atoms with Crippen molar-refractivity contribution in [1.29, 1.82) is 0 Å². The lowest BCUT2D eigenvalue weighted by Gasteiger charge is -2.02.